The van der Waals surface area contributed by atoms with Gasteiger partial charge in [0, 0.05) is 43.8 Å². The highest BCUT2D eigenvalue weighted by atomic mass is 16.5. The van der Waals surface area contributed by atoms with Crippen LogP contribution in [0.2, 0.25) is 0 Å². The third kappa shape index (κ3) is 5.68. The number of aromatic nitrogens is 5. The van der Waals surface area contributed by atoms with E-state index in [-0.39, 0.29) is 11.6 Å². The first-order valence-corrected chi connectivity index (χ1v) is 13.6. The molecule has 0 bridgehead atoms. The third-order valence-electron chi connectivity index (χ3n) is 7.82. The number of nitrogens with one attached hydrogen (secondary N) is 1. The van der Waals surface area contributed by atoms with Gasteiger partial charge in [0.1, 0.15) is 0 Å². The molecular weight excluding hydrogens is 454 g/mol. The van der Waals surface area contributed by atoms with Crippen LogP contribution in [0.1, 0.15) is 74.5 Å². The quantitative estimate of drug-likeness (QED) is 0.487. The van der Waals surface area contributed by atoms with E-state index in [1.165, 1.54) is 24.8 Å². The molecule has 0 spiro atoms. The van der Waals surface area contributed by atoms with Gasteiger partial charge in [-0.1, -0.05) is 37.8 Å². The second-order valence-electron chi connectivity index (χ2n) is 10.3. The maximum atomic E-state index is 13.1. The van der Waals surface area contributed by atoms with Crippen molar-refractivity contribution in [1.82, 2.24) is 35.0 Å². The number of ether oxygens (including phenoxy) is 1. The topological polar surface area (TPSA) is 92.2 Å². The number of hydrogen-bond donors (Lipinski definition) is 1. The first kappa shape index (κ1) is 25.0. The van der Waals surface area contributed by atoms with Crippen molar-refractivity contribution in [2.75, 3.05) is 39.4 Å². The number of benzene rings is 1. The van der Waals surface area contributed by atoms with E-state index in [4.69, 9.17) is 4.74 Å². The van der Waals surface area contributed by atoms with Gasteiger partial charge in [0.2, 0.25) is 0 Å². The molecule has 3 aromatic rings. The summed E-state index contributed by atoms with van der Waals surface area (Å²) in [5, 5.41) is 14.2. The first-order valence-electron chi connectivity index (χ1n) is 13.6. The second-order valence-corrected chi connectivity index (χ2v) is 10.3. The molecule has 5 rings (SSSR count). The molecule has 2 fully saturated rings. The highest BCUT2D eigenvalue weighted by Crippen LogP contribution is 2.32. The molecule has 1 aromatic carbocycles. The van der Waals surface area contributed by atoms with Gasteiger partial charge in [0.05, 0.1) is 25.3 Å². The van der Waals surface area contributed by atoms with Crippen molar-refractivity contribution in [3.8, 4) is 0 Å². The number of aryl methyl sites for hydroxylation is 1. The highest BCUT2D eigenvalue weighted by molar-refractivity contribution is 5.79. The normalized spacial score (nSPS) is 18.8. The molecule has 0 unspecified atom stereocenters. The van der Waals surface area contributed by atoms with E-state index in [1.807, 2.05) is 12.1 Å². The first-order chi connectivity index (χ1) is 17.6. The standard InChI is InChI=1S/C27H39N7O2/c1-3-25(26-29-30-31-34(26)23-7-5-4-6-8-23)33(12-11-32-13-15-36-16-14-32)19-22-18-21-17-20(2)9-10-24(21)28-27(22)35/h9-10,17-18,23,25H,3-8,11-16,19H2,1-2H3,(H,28,35)/t25-/m0/s1. The zero-order valence-corrected chi connectivity index (χ0v) is 21.7. The van der Waals surface area contributed by atoms with Crippen LogP contribution in [-0.4, -0.2) is 74.4 Å². The molecule has 1 aliphatic carbocycles. The average Bonchev–Trinajstić information content (AvgIpc) is 3.39. The Balaban J connectivity index is 1.45. The molecular formula is C27H39N7O2. The molecule has 1 N–H and O–H groups in total. The van der Waals surface area contributed by atoms with Crippen LogP contribution in [0.15, 0.2) is 29.1 Å². The maximum absolute atomic E-state index is 13.1. The van der Waals surface area contributed by atoms with Crippen molar-refractivity contribution in [1.29, 1.82) is 0 Å². The summed E-state index contributed by atoms with van der Waals surface area (Å²) < 4.78 is 7.63. The maximum Gasteiger partial charge on any atom is 0.252 e. The number of fused-ring (bicyclic) bond motifs is 1. The van der Waals surface area contributed by atoms with Gasteiger partial charge in [-0.2, -0.15) is 0 Å². The monoisotopic (exact) mass is 493 g/mol. The fourth-order valence-electron chi connectivity index (χ4n) is 5.76. The molecule has 194 valence electrons. The predicted octanol–water partition coefficient (Wildman–Crippen LogP) is 3.61. The van der Waals surface area contributed by atoms with Gasteiger partial charge in [0.25, 0.3) is 5.56 Å². The Bertz CT molecular complexity index is 1190. The van der Waals surface area contributed by atoms with Gasteiger partial charge in [-0.05, 0) is 60.2 Å². The van der Waals surface area contributed by atoms with Crippen molar-refractivity contribution in [2.24, 2.45) is 0 Å². The van der Waals surface area contributed by atoms with Gasteiger partial charge in [-0.3, -0.25) is 14.6 Å². The number of hydrogen-bond acceptors (Lipinski definition) is 7. The lowest BCUT2D eigenvalue weighted by Gasteiger charge is -2.34. The molecule has 36 heavy (non-hydrogen) atoms. The number of H-pyrrole nitrogens is 1. The zero-order valence-electron chi connectivity index (χ0n) is 21.7. The minimum atomic E-state index is -0.0237. The summed E-state index contributed by atoms with van der Waals surface area (Å²) in [6, 6.07) is 8.61. The Labute approximate surface area is 212 Å². The fraction of sp³-hybridized carbons (Fsp3) is 0.630. The van der Waals surface area contributed by atoms with Crippen LogP contribution in [0.4, 0.5) is 0 Å². The number of morpholine rings is 1. The molecule has 1 atom stereocenters. The Kier molecular flexibility index (Phi) is 8.09. The third-order valence-corrected chi connectivity index (χ3v) is 7.82. The van der Waals surface area contributed by atoms with Crippen LogP contribution >= 0.6 is 0 Å². The van der Waals surface area contributed by atoms with Crippen molar-refractivity contribution >= 4 is 10.9 Å². The lowest BCUT2D eigenvalue weighted by Crippen LogP contribution is -2.43. The molecule has 2 aliphatic rings. The molecule has 1 saturated carbocycles. The summed E-state index contributed by atoms with van der Waals surface area (Å²) in [7, 11) is 0. The van der Waals surface area contributed by atoms with E-state index < -0.39 is 0 Å². The Hall–Kier alpha value is -2.62. The molecule has 0 amide bonds. The average molecular weight is 494 g/mol. The van der Waals surface area contributed by atoms with E-state index in [9.17, 15) is 4.79 Å². The summed E-state index contributed by atoms with van der Waals surface area (Å²) in [5.41, 5.74) is 2.82. The van der Waals surface area contributed by atoms with Crippen LogP contribution in [0.3, 0.4) is 0 Å². The van der Waals surface area contributed by atoms with Gasteiger partial charge in [-0.25, -0.2) is 4.68 Å². The fourth-order valence-corrected chi connectivity index (χ4v) is 5.76. The predicted molar refractivity (Wildman–Crippen MR) is 140 cm³/mol. The van der Waals surface area contributed by atoms with Crippen molar-refractivity contribution in [3.05, 3.63) is 51.6 Å². The van der Waals surface area contributed by atoms with Crippen molar-refractivity contribution in [2.45, 2.75) is 71.0 Å². The van der Waals surface area contributed by atoms with E-state index in [1.54, 1.807) is 0 Å². The highest BCUT2D eigenvalue weighted by Gasteiger charge is 2.29. The minimum absolute atomic E-state index is 0.0237. The van der Waals surface area contributed by atoms with Gasteiger partial charge in [0.15, 0.2) is 5.82 Å². The van der Waals surface area contributed by atoms with E-state index in [0.29, 0.717) is 12.6 Å². The minimum Gasteiger partial charge on any atom is -0.379 e. The van der Waals surface area contributed by atoms with Crippen LogP contribution in [0.5, 0.6) is 0 Å². The van der Waals surface area contributed by atoms with Crippen LogP contribution < -0.4 is 5.56 Å². The number of pyridine rings is 1. The number of rotatable bonds is 9. The van der Waals surface area contributed by atoms with Crippen LogP contribution in [0.25, 0.3) is 10.9 Å². The van der Waals surface area contributed by atoms with Crippen LogP contribution in [0, 0.1) is 6.92 Å². The summed E-state index contributed by atoms with van der Waals surface area (Å²) in [5.74, 6) is 0.930. The molecule has 0 radical (unpaired) electrons. The van der Waals surface area contributed by atoms with E-state index >= 15 is 0 Å². The summed E-state index contributed by atoms with van der Waals surface area (Å²) in [4.78, 5) is 21.1. The molecule has 9 heteroatoms. The lowest BCUT2D eigenvalue weighted by atomic mass is 9.95. The number of aromatic amines is 1. The Morgan fingerprint density at radius 2 is 1.97 bits per heavy atom. The van der Waals surface area contributed by atoms with E-state index in [2.05, 4.69) is 61.0 Å². The number of nitrogens with zero attached hydrogens (tertiary/aromatic N) is 6. The second kappa shape index (κ2) is 11.6. The molecule has 3 heterocycles. The summed E-state index contributed by atoms with van der Waals surface area (Å²) >= 11 is 0. The van der Waals surface area contributed by atoms with Crippen molar-refractivity contribution in [3.63, 3.8) is 0 Å². The smallest absolute Gasteiger partial charge is 0.252 e. The Morgan fingerprint density at radius 3 is 2.75 bits per heavy atom. The number of tetrazole rings is 1. The molecule has 2 aromatic heterocycles. The molecule has 9 nitrogen and oxygen atoms in total. The summed E-state index contributed by atoms with van der Waals surface area (Å²) in [6.07, 6.45) is 6.89. The van der Waals surface area contributed by atoms with E-state index in [0.717, 1.165) is 80.9 Å². The Morgan fingerprint density at radius 1 is 1.17 bits per heavy atom. The molecule has 1 saturated heterocycles. The SMILES string of the molecule is CC[C@@H](c1nnnn1C1CCCCC1)N(CCN1CCOCC1)Cc1cc2cc(C)ccc2[nH]c1=O. The molecule has 1 aliphatic heterocycles. The summed E-state index contributed by atoms with van der Waals surface area (Å²) in [6.45, 7) is 10.0. The zero-order chi connectivity index (χ0) is 24.9. The van der Waals surface area contributed by atoms with Gasteiger partial charge >= 0.3 is 0 Å². The van der Waals surface area contributed by atoms with Crippen molar-refractivity contribution < 1.29 is 4.74 Å². The lowest BCUT2D eigenvalue weighted by molar-refractivity contribution is 0.0290. The van der Waals surface area contributed by atoms with Crippen LogP contribution in [-0.2, 0) is 11.3 Å². The van der Waals surface area contributed by atoms with Gasteiger partial charge in [-0.15, -0.1) is 5.10 Å². The largest absolute Gasteiger partial charge is 0.379 e. The van der Waals surface area contributed by atoms with Gasteiger partial charge < -0.3 is 9.72 Å².